The number of fused-ring (bicyclic) bond motifs is 1. The number of ether oxygens (including phenoxy) is 2. The van der Waals surface area contributed by atoms with Gasteiger partial charge in [-0.05, 0) is 48.9 Å². The van der Waals surface area contributed by atoms with Gasteiger partial charge in [-0.2, -0.15) is 4.36 Å². The molecule has 9 heteroatoms. The summed E-state index contributed by atoms with van der Waals surface area (Å²) in [5.74, 6) is 0.560. The Kier molecular flexibility index (Phi) is 6.36. The van der Waals surface area contributed by atoms with Crippen LogP contribution in [0.5, 0.6) is 5.75 Å². The van der Waals surface area contributed by atoms with Gasteiger partial charge in [0.15, 0.2) is 0 Å². The third-order valence-electron chi connectivity index (χ3n) is 5.76. The zero-order valence-corrected chi connectivity index (χ0v) is 20.2. The van der Waals surface area contributed by atoms with Crippen LogP contribution in [0.15, 0.2) is 76.2 Å². The van der Waals surface area contributed by atoms with Crippen LogP contribution in [-0.2, 0) is 14.5 Å². The Hall–Kier alpha value is -3.56. The topological polar surface area (TPSA) is 85.7 Å². The smallest absolute Gasteiger partial charge is 0.146 e. The number of benzene rings is 3. The van der Waals surface area contributed by atoms with Crippen LogP contribution in [0.4, 0.5) is 21.6 Å². The summed E-state index contributed by atoms with van der Waals surface area (Å²) in [6.07, 6.45) is 3.70. The van der Waals surface area contributed by atoms with Crippen molar-refractivity contribution in [3.8, 4) is 5.75 Å². The summed E-state index contributed by atoms with van der Waals surface area (Å²) in [5.41, 5.74) is 2.68. The minimum atomic E-state index is -2.63. The van der Waals surface area contributed by atoms with Crippen LogP contribution in [0.25, 0.3) is 10.9 Å². The lowest BCUT2D eigenvalue weighted by atomic mass is 10.1. The Bertz CT molecular complexity index is 1500. The van der Waals surface area contributed by atoms with Gasteiger partial charge in [-0.15, -0.1) is 0 Å². The van der Waals surface area contributed by atoms with Crippen molar-refractivity contribution < 1.29 is 18.1 Å². The lowest BCUT2D eigenvalue weighted by Crippen LogP contribution is -2.16. The lowest BCUT2D eigenvalue weighted by molar-refractivity contribution is 0.141. The number of hydrogen-bond donors (Lipinski definition) is 1. The fourth-order valence-electron chi connectivity index (χ4n) is 4.06. The van der Waals surface area contributed by atoms with Crippen molar-refractivity contribution in [3.63, 3.8) is 0 Å². The fourth-order valence-corrected chi connectivity index (χ4v) is 5.33. The summed E-state index contributed by atoms with van der Waals surface area (Å²) < 4.78 is 43.2. The number of halogens is 1. The number of anilines is 2. The van der Waals surface area contributed by atoms with Crippen LogP contribution in [0.1, 0.15) is 12.0 Å². The van der Waals surface area contributed by atoms with Gasteiger partial charge in [0, 0.05) is 29.0 Å². The molecule has 0 aliphatic carbocycles. The molecule has 0 radical (unpaired) electrons. The second-order valence-corrected chi connectivity index (χ2v) is 10.7. The molecule has 5 rings (SSSR count). The minimum Gasteiger partial charge on any atom is -0.486 e. The van der Waals surface area contributed by atoms with Crippen LogP contribution in [0.2, 0.25) is 0 Å². The van der Waals surface area contributed by atoms with Crippen molar-refractivity contribution in [2.45, 2.75) is 24.3 Å². The van der Waals surface area contributed by atoms with E-state index in [4.69, 9.17) is 9.47 Å². The first-order chi connectivity index (χ1) is 16.9. The van der Waals surface area contributed by atoms with E-state index in [0.29, 0.717) is 46.6 Å². The number of nitrogens with one attached hydrogen (secondary N) is 1. The lowest BCUT2D eigenvalue weighted by Gasteiger charge is -2.17. The molecule has 0 bridgehead atoms. The van der Waals surface area contributed by atoms with Gasteiger partial charge < -0.3 is 14.8 Å². The van der Waals surface area contributed by atoms with E-state index in [1.807, 2.05) is 43.3 Å². The highest BCUT2D eigenvalue weighted by Crippen LogP contribution is 2.35. The van der Waals surface area contributed by atoms with E-state index >= 15 is 0 Å². The number of hydrogen-bond acceptors (Lipinski definition) is 7. The van der Waals surface area contributed by atoms with E-state index in [-0.39, 0.29) is 11.9 Å². The monoisotopic (exact) mass is 492 g/mol. The van der Waals surface area contributed by atoms with E-state index in [2.05, 4.69) is 19.6 Å². The molecule has 1 fully saturated rings. The van der Waals surface area contributed by atoms with Crippen LogP contribution in [-0.4, -0.2) is 39.8 Å². The minimum absolute atomic E-state index is 0.126. The van der Waals surface area contributed by atoms with E-state index < -0.39 is 9.73 Å². The van der Waals surface area contributed by atoms with Gasteiger partial charge in [-0.3, -0.25) is 0 Å². The Labute approximate surface area is 203 Å². The number of aryl methyl sites for hydroxylation is 1. The Balaban J connectivity index is 1.52. The normalized spacial score (nSPS) is 17.2. The van der Waals surface area contributed by atoms with Crippen LogP contribution in [0.3, 0.4) is 0 Å². The molecule has 4 aromatic rings. The van der Waals surface area contributed by atoms with Crippen LogP contribution in [0, 0.1) is 12.7 Å². The summed E-state index contributed by atoms with van der Waals surface area (Å²) in [7, 11) is -2.63. The van der Waals surface area contributed by atoms with Gasteiger partial charge in [0.1, 0.15) is 29.8 Å². The number of aromatic nitrogens is 2. The maximum absolute atomic E-state index is 14.0. The van der Waals surface area contributed by atoms with Gasteiger partial charge >= 0.3 is 0 Å². The molecular formula is C26H25FN4O3S. The highest BCUT2D eigenvalue weighted by molar-refractivity contribution is 7.93. The van der Waals surface area contributed by atoms with Crippen molar-refractivity contribution in [2.24, 2.45) is 4.36 Å². The summed E-state index contributed by atoms with van der Waals surface area (Å²) in [6.45, 7) is 3.02. The SMILES string of the molecule is Cc1cc(N=[S@](C)(=O)c2ccccc2)cc2ncnc(Nc3ccc(F)cc3O[C@H]3CCOC3)c12. The molecule has 0 amide bonds. The molecule has 35 heavy (non-hydrogen) atoms. The van der Waals surface area contributed by atoms with Gasteiger partial charge in [0.25, 0.3) is 0 Å². The first-order valence-corrected chi connectivity index (χ1v) is 13.1. The van der Waals surface area contributed by atoms with Crippen LogP contribution < -0.4 is 10.1 Å². The van der Waals surface area contributed by atoms with E-state index in [9.17, 15) is 8.60 Å². The van der Waals surface area contributed by atoms with Gasteiger partial charge in [-0.25, -0.2) is 18.6 Å². The van der Waals surface area contributed by atoms with Crippen molar-refractivity contribution in [1.82, 2.24) is 9.97 Å². The maximum atomic E-state index is 14.0. The van der Waals surface area contributed by atoms with E-state index in [1.165, 1.54) is 18.5 Å². The molecule has 0 unspecified atom stereocenters. The first-order valence-electron chi connectivity index (χ1n) is 11.2. The predicted molar refractivity (Wildman–Crippen MR) is 135 cm³/mol. The highest BCUT2D eigenvalue weighted by atomic mass is 32.2. The fraction of sp³-hybridized carbons (Fsp3) is 0.231. The summed E-state index contributed by atoms with van der Waals surface area (Å²) in [5, 5.41) is 4.07. The molecular weight excluding hydrogens is 467 g/mol. The molecule has 2 atom stereocenters. The zero-order chi connectivity index (χ0) is 24.4. The van der Waals surface area contributed by atoms with Crippen molar-refractivity contribution >= 4 is 37.8 Å². The third kappa shape index (κ3) is 5.11. The molecule has 1 aromatic heterocycles. The predicted octanol–water partition coefficient (Wildman–Crippen LogP) is 5.78. The highest BCUT2D eigenvalue weighted by Gasteiger charge is 2.20. The molecule has 1 aliphatic rings. The largest absolute Gasteiger partial charge is 0.486 e. The zero-order valence-electron chi connectivity index (χ0n) is 19.4. The molecule has 180 valence electrons. The standard InChI is InChI=1S/C26H25FN4O3S/c1-17-12-19(31-35(2,32)21-6-4-3-5-7-21)14-23-25(17)26(29-16-28-23)30-22-9-8-18(27)13-24(22)34-20-10-11-33-15-20/h3-9,12-14,16,20H,10-11,15H2,1-2H3,(H,28,29,30)/t20-,35+/m0/s1. The quantitative estimate of drug-likeness (QED) is 0.367. The Morgan fingerprint density at radius 3 is 2.74 bits per heavy atom. The number of nitrogens with zero attached hydrogens (tertiary/aromatic N) is 3. The third-order valence-corrected chi connectivity index (χ3v) is 7.46. The van der Waals surface area contributed by atoms with Gasteiger partial charge in [0.2, 0.25) is 0 Å². The molecule has 0 saturated carbocycles. The van der Waals surface area contributed by atoms with Crippen molar-refractivity contribution in [2.75, 3.05) is 24.8 Å². The molecule has 2 heterocycles. The average molecular weight is 493 g/mol. The van der Waals surface area contributed by atoms with Gasteiger partial charge in [-0.1, -0.05) is 18.2 Å². The van der Waals surface area contributed by atoms with E-state index in [1.54, 1.807) is 18.4 Å². The van der Waals surface area contributed by atoms with Gasteiger partial charge in [0.05, 0.1) is 39.8 Å². The van der Waals surface area contributed by atoms with E-state index in [0.717, 1.165) is 17.4 Å². The summed E-state index contributed by atoms with van der Waals surface area (Å²) in [4.78, 5) is 9.51. The molecule has 7 nitrogen and oxygen atoms in total. The molecule has 1 aliphatic heterocycles. The van der Waals surface area contributed by atoms with Crippen molar-refractivity contribution in [3.05, 3.63) is 78.4 Å². The summed E-state index contributed by atoms with van der Waals surface area (Å²) >= 11 is 0. The molecule has 1 saturated heterocycles. The first kappa shape index (κ1) is 23.2. The summed E-state index contributed by atoms with van der Waals surface area (Å²) in [6, 6.07) is 17.2. The number of rotatable bonds is 6. The molecule has 3 aromatic carbocycles. The van der Waals surface area contributed by atoms with Crippen molar-refractivity contribution in [1.29, 1.82) is 0 Å². The Morgan fingerprint density at radius 1 is 1.14 bits per heavy atom. The molecule has 0 spiro atoms. The maximum Gasteiger partial charge on any atom is 0.146 e. The average Bonchev–Trinajstić information content (AvgIpc) is 3.34. The molecule has 1 N–H and O–H groups in total. The second kappa shape index (κ2) is 9.59. The van der Waals surface area contributed by atoms with Crippen LogP contribution >= 0.6 is 0 Å². The second-order valence-electron chi connectivity index (χ2n) is 8.45. The Morgan fingerprint density at radius 2 is 1.97 bits per heavy atom.